The van der Waals surface area contributed by atoms with Crippen molar-refractivity contribution in [3.05, 3.63) is 90.4 Å². The van der Waals surface area contributed by atoms with Crippen molar-refractivity contribution in [3.63, 3.8) is 0 Å². The molecule has 5 nitrogen and oxygen atoms in total. The van der Waals surface area contributed by atoms with E-state index in [2.05, 4.69) is 15.5 Å². The van der Waals surface area contributed by atoms with Crippen LogP contribution in [0.1, 0.15) is 29.1 Å². The van der Waals surface area contributed by atoms with Gasteiger partial charge in [-0.3, -0.25) is 9.20 Å². The van der Waals surface area contributed by atoms with Crippen LogP contribution in [0.2, 0.25) is 0 Å². The standard InChI is InChI=1S/C21H18N4O/c1-15(20-24-23-19-13-7-8-14-25(19)20)22-21(26)18-12-6-5-11-17(18)16-9-3-2-4-10-16/h2-15H,1H3,(H,22,26)/t15-/m1/s1. The Bertz CT molecular complexity index is 1060. The average Bonchev–Trinajstić information content (AvgIpc) is 3.13. The first-order valence-corrected chi connectivity index (χ1v) is 8.49. The summed E-state index contributed by atoms with van der Waals surface area (Å²) in [6.07, 6.45) is 1.89. The van der Waals surface area contributed by atoms with Gasteiger partial charge in [0.2, 0.25) is 0 Å². The maximum Gasteiger partial charge on any atom is 0.252 e. The van der Waals surface area contributed by atoms with Gasteiger partial charge in [-0.25, -0.2) is 0 Å². The second-order valence-corrected chi connectivity index (χ2v) is 6.09. The van der Waals surface area contributed by atoms with E-state index in [9.17, 15) is 4.79 Å². The third kappa shape index (κ3) is 2.95. The quantitative estimate of drug-likeness (QED) is 0.612. The lowest BCUT2D eigenvalue weighted by atomic mass is 9.99. The molecule has 1 atom stereocenters. The predicted molar refractivity (Wildman–Crippen MR) is 101 cm³/mol. The maximum atomic E-state index is 12.9. The fourth-order valence-electron chi connectivity index (χ4n) is 3.04. The molecule has 2 heterocycles. The summed E-state index contributed by atoms with van der Waals surface area (Å²) in [6.45, 7) is 1.91. The van der Waals surface area contributed by atoms with Crippen LogP contribution in [-0.2, 0) is 0 Å². The van der Waals surface area contributed by atoms with Gasteiger partial charge in [-0.2, -0.15) is 0 Å². The summed E-state index contributed by atoms with van der Waals surface area (Å²) in [5.41, 5.74) is 3.32. The molecule has 1 amide bonds. The van der Waals surface area contributed by atoms with Gasteiger partial charge in [-0.15, -0.1) is 10.2 Å². The Balaban J connectivity index is 1.63. The third-order valence-corrected chi connectivity index (χ3v) is 4.33. The van der Waals surface area contributed by atoms with Gasteiger partial charge in [0.1, 0.15) is 0 Å². The molecule has 26 heavy (non-hydrogen) atoms. The van der Waals surface area contributed by atoms with E-state index in [0.29, 0.717) is 11.4 Å². The van der Waals surface area contributed by atoms with E-state index in [1.54, 1.807) is 0 Å². The fraction of sp³-hybridized carbons (Fsp3) is 0.0952. The predicted octanol–water partition coefficient (Wildman–Crippen LogP) is 3.89. The first-order chi connectivity index (χ1) is 12.7. The summed E-state index contributed by atoms with van der Waals surface area (Å²) in [7, 11) is 0. The Kier molecular flexibility index (Phi) is 4.19. The van der Waals surface area contributed by atoms with Crippen molar-refractivity contribution in [3.8, 4) is 11.1 Å². The number of fused-ring (bicyclic) bond motifs is 1. The molecule has 0 aliphatic carbocycles. The van der Waals surface area contributed by atoms with Crippen molar-refractivity contribution in [2.75, 3.05) is 0 Å². The van der Waals surface area contributed by atoms with Crippen LogP contribution in [0, 0.1) is 0 Å². The molecule has 2 aromatic heterocycles. The molecule has 0 radical (unpaired) electrons. The molecule has 0 spiro atoms. The lowest BCUT2D eigenvalue weighted by molar-refractivity contribution is 0.0939. The zero-order valence-corrected chi connectivity index (χ0v) is 14.3. The number of carbonyl (C=O) groups is 1. The van der Waals surface area contributed by atoms with Crippen LogP contribution in [0.5, 0.6) is 0 Å². The van der Waals surface area contributed by atoms with E-state index in [4.69, 9.17) is 0 Å². The molecule has 5 heteroatoms. The van der Waals surface area contributed by atoms with Crippen molar-refractivity contribution in [1.82, 2.24) is 19.9 Å². The summed E-state index contributed by atoms with van der Waals surface area (Å²) in [5.74, 6) is 0.566. The van der Waals surface area contributed by atoms with Gasteiger partial charge < -0.3 is 5.32 Å². The highest BCUT2D eigenvalue weighted by Crippen LogP contribution is 2.24. The van der Waals surface area contributed by atoms with E-state index < -0.39 is 0 Å². The molecule has 0 fully saturated rings. The summed E-state index contributed by atoms with van der Waals surface area (Å²) in [4.78, 5) is 12.9. The van der Waals surface area contributed by atoms with E-state index in [0.717, 1.165) is 16.8 Å². The number of aromatic nitrogens is 3. The minimum atomic E-state index is -0.274. The Morgan fingerprint density at radius 1 is 0.923 bits per heavy atom. The molecule has 4 aromatic rings. The van der Waals surface area contributed by atoms with Gasteiger partial charge in [0.05, 0.1) is 6.04 Å². The van der Waals surface area contributed by atoms with Crippen LogP contribution < -0.4 is 5.32 Å². The zero-order chi connectivity index (χ0) is 17.9. The van der Waals surface area contributed by atoms with Crippen LogP contribution in [0.3, 0.4) is 0 Å². The van der Waals surface area contributed by atoms with Gasteiger partial charge in [-0.1, -0.05) is 54.6 Å². The number of rotatable bonds is 4. The number of pyridine rings is 1. The van der Waals surface area contributed by atoms with Crippen molar-refractivity contribution < 1.29 is 4.79 Å². The van der Waals surface area contributed by atoms with Crippen molar-refractivity contribution in [2.45, 2.75) is 13.0 Å². The Morgan fingerprint density at radius 3 is 2.50 bits per heavy atom. The van der Waals surface area contributed by atoms with Gasteiger partial charge in [0, 0.05) is 11.8 Å². The molecule has 0 aliphatic heterocycles. The molecule has 0 saturated heterocycles. The van der Waals surface area contributed by atoms with E-state index >= 15 is 0 Å². The fourth-order valence-corrected chi connectivity index (χ4v) is 3.04. The minimum Gasteiger partial charge on any atom is -0.342 e. The Labute approximate surface area is 151 Å². The zero-order valence-electron chi connectivity index (χ0n) is 14.3. The second kappa shape index (κ2) is 6.80. The van der Waals surface area contributed by atoms with Crippen molar-refractivity contribution in [2.24, 2.45) is 0 Å². The molecule has 0 saturated carbocycles. The molecule has 128 valence electrons. The van der Waals surface area contributed by atoms with Crippen LogP contribution in [-0.4, -0.2) is 20.5 Å². The average molecular weight is 342 g/mol. The number of nitrogens with one attached hydrogen (secondary N) is 1. The van der Waals surface area contributed by atoms with E-state index in [1.165, 1.54) is 0 Å². The highest BCUT2D eigenvalue weighted by Gasteiger charge is 2.18. The number of amides is 1. The summed E-state index contributed by atoms with van der Waals surface area (Å²) >= 11 is 0. The number of nitrogens with zero attached hydrogens (tertiary/aromatic N) is 3. The number of carbonyl (C=O) groups excluding carboxylic acids is 1. The van der Waals surface area contributed by atoms with Gasteiger partial charge >= 0.3 is 0 Å². The van der Waals surface area contributed by atoms with Gasteiger partial charge in [0.25, 0.3) is 5.91 Å². The molecule has 2 aromatic carbocycles. The normalized spacial score (nSPS) is 12.0. The monoisotopic (exact) mass is 342 g/mol. The first-order valence-electron chi connectivity index (χ1n) is 8.49. The second-order valence-electron chi connectivity index (χ2n) is 6.09. The lowest BCUT2D eigenvalue weighted by Crippen LogP contribution is -2.28. The summed E-state index contributed by atoms with van der Waals surface area (Å²) in [5, 5.41) is 11.4. The van der Waals surface area contributed by atoms with Crippen molar-refractivity contribution in [1.29, 1.82) is 0 Å². The third-order valence-electron chi connectivity index (χ3n) is 4.33. The number of hydrogen-bond acceptors (Lipinski definition) is 3. The molecule has 0 bridgehead atoms. The van der Waals surface area contributed by atoms with Crippen LogP contribution in [0.15, 0.2) is 79.0 Å². The summed E-state index contributed by atoms with van der Waals surface area (Å²) in [6, 6.07) is 22.9. The van der Waals surface area contributed by atoms with Crippen molar-refractivity contribution >= 4 is 11.6 Å². The molecular formula is C21H18N4O. The Hall–Kier alpha value is -3.47. The highest BCUT2D eigenvalue weighted by atomic mass is 16.1. The van der Waals surface area contributed by atoms with Gasteiger partial charge in [-0.05, 0) is 36.2 Å². The highest BCUT2D eigenvalue weighted by molar-refractivity contribution is 6.01. The van der Waals surface area contributed by atoms with Gasteiger partial charge in [0.15, 0.2) is 11.5 Å². The summed E-state index contributed by atoms with van der Waals surface area (Å²) < 4.78 is 1.88. The van der Waals surface area contributed by atoms with Crippen LogP contribution >= 0.6 is 0 Å². The molecule has 1 N–H and O–H groups in total. The largest absolute Gasteiger partial charge is 0.342 e. The van der Waals surface area contributed by atoms with Crippen LogP contribution in [0.4, 0.5) is 0 Å². The topological polar surface area (TPSA) is 59.3 Å². The number of benzene rings is 2. The molecule has 0 unspecified atom stereocenters. The molecule has 0 aliphatic rings. The van der Waals surface area contributed by atoms with E-state index in [1.807, 2.05) is 90.3 Å². The maximum absolute atomic E-state index is 12.9. The Morgan fingerprint density at radius 2 is 1.65 bits per heavy atom. The van der Waals surface area contributed by atoms with E-state index in [-0.39, 0.29) is 11.9 Å². The number of hydrogen-bond donors (Lipinski definition) is 1. The first kappa shape index (κ1) is 16.0. The minimum absolute atomic E-state index is 0.135. The molecular weight excluding hydrogens is 324 g/mol. The lowest BCUT2D eigenvalue weighted by Gasteiger charge is -2.15. The smallest absolute Gasteiger partial charge is 0.252 e. The molecule has 4 rings (SSSR count). The SMILES string of the molecule is C[C@@H](NC(=O)c1ccccc1-c1ccccc1)c1nnc2ccccn12. The van der Waals surface area contributed by atoms with Crippen LogP contribution in [0.25, 0.3) is 16.8 Å².